The van der Waals surface area contributed by atoms with E-state index in [1.54, 1.807) is 48.5 Å². The molecule has 29 heavy (non-hydrogen) atoms. The Balaban J connectivity index is 2.14. The molecule has 0 spiro atoms. The number of aliphatic hydroxyl groups excluding tert-OH is 1. The highest BCUT2D eigenvalue weighted by Crippen LogP contribution is 2.20. The Morgan fingerprint density at radius 2 is 1.79 bits per heavy atom. The van der Waals surface area contributed by atoms with E-state index in [-0.39, 0.29) is 18.1 Å². The van der Waals surface area contributed by atoms with Crippen LogP contribution in [0.2, 0.25) is 5.02 Å². The third-order valence-electron chi connectivity index (χ3n) is 4.61. The average Bonchev–Trinajstić information content (AvgIpc) is 2.73. The minimum Gasteiger partial charge on any atom is -0.394 e. The van der Waals surface area contributed by atoms with Crippen molar-refractivity contribution in [1.82, 2.24) is 15.1 Å². The highest BCUT2D eigenvalue weighted by atomic mass is 35.5. The Morgan fingerprint density at radius 1 is 1.14 bits per heavy atom. The molecule has 1 amide bonds. The van der Waals surface area contributed by atoms with Gasteiger partial charge in [0, 0.05) is 10.6 Å². The van der Waals surface area contributed by atoms with Gasteiger partial charge < -0.3 is 10.4 Å². The van der Waals surface area contributed by atoms with E-state index in [9.17, 15) is 14.7 Å². The molecule has 6 nitrogen and oxygen atoms in total. The molecule has 150 valence electrons. The van der Waals surface area contributed by atoms with Gasteiger partial charge in [0.1, 0.15) is 5.56 Å². The summed E-state index contributed by atoms with van der Waals surface area (Å²) in [6.45, 7) is 3.55. The molecule has 2 aromatic carbocycles. The topological polar surface area (TPSA) is 84.2 Å². The monoisotopic (exact) mass is 411 g/mol. The van der Waals surface area contributed by atoms with Gasteiger partial charge >= 0.3 is 0 Å². The molecule has 3 aromatic rings. The first-order chi connectivity index (χ1) is 13.9. The molecule has 1 heterocycles. The molecule has 1 atom stereocenters. The second kappa shape index (κ2) is 9.03. The molecular formula is C22H22ClN3O3. The molecule has 0 aliphatic heterocycles. The lowest BCUT2D eigenvalue weighted by Gasteiger charge is -2.20. The van der Waals surface area contributed by atoms with E-state index in [1.807, 2.05) is 19.9 Å². The van der Waals surface area contributed by atoms with Crippen LogP contribution in [0.25, 0.3) is 16.9 Å². The highest BCUT2D eigenvalue weighted by molar-refractivity contribution is 6.30. The summed E-state index contributed by atoms with van der Waals surface area (Å²) in [6, 6.07) is 16.9. The number of hydrogen-bond acceptors (Lipinski definition) is 4. The van der Waals surface area contributed by atoms with Gasteiger partial charge in [-0.1, -0.05) is 55.8 Å². The number of nitrogens with zero attached hydrogens (tertiary/aromatic N) is 2. The van der Waals surface area contributed by atoms with Crippen LogP contribution >= 0.6 is 11.6 Å². The molecule has 1 aromatic heterocycles. The third-order valence-corrected chi connectivity index (χ3v) is 4.87. The van der Waals surface area contributed by atoms with Crippen molar-refractivity contribution >= 4 is 17.5 Å². The number of para-hydroxylation sites is 1. The number of benzene rings is 2. The minimum absolute atomic E-state index is 0.0119. The number of amides is 1. The van der Waals surface area contributed by atoms with Gasteiger partial charge in [0.25, 0.3) is 11.5 Å². The Labute approximate surface area is 173 Å². The van der Waals surface area contributed by atoms with Crippen LogP contribution in [0.4, 0.5) is 0 Å². The Morgan fingerprint density at radius 3 is 2.38 bits per heavy atom. The van der Waals surface area contributed by atoms with Crippen LogP contribution in [0.15, 0.2) is 65.5 Å². The van der Waals surface area contributed by atoms with Gasteiger partial charge in [-0.3, -0.25) is 9.59 Å². The van der Waals surface area contributed by atoms with Crippen molar-refractivity contribution in [2.24, 2.45) is 5.92 Å². The van der Waals surface area contributed by atoms with Gasteiger partial charge in [0.2, 0.25) is 0 Å². The molecule has 7 heteroatoms. The molecule has 0 fully saturated rings. The molecule has 0 saturated carbocycles. The summed E-state index contributed by atoms with van der Waals surface area (Å²) >= 11 is 5.97. The van der Waals surface area contributed by atoms with Crippen LogP contribution in [-0.4, -0.2) is 33.4 Å². The summed E-state index contributed by atoms with van der Waals surface area (Å²) in [6.07, 6.45) is 0. The third kappa shape index (κ3) is 4.72. The van der Waals surface area contributed by atoms with Crippen LogP contribution < -0.4 is 10.9 Å². The van der Waals surface area contributed by atoms with Gasteiger partial charge in [-0.15, -0.1) is 0 Å². The lowest BCUT2D eigenvalue weighted by Crippen LogP contribution is -2.43. The summed E-state index contributed by atoms with van der Waals surface area (Å²) in [5.41, 5.74) is 1.14. The molecule has 2 N–H and O–H groups in total. The fourth-order valence-electron chi connectivity index (χ4n) is 2.83. The van der Waals surface area contributed by atoms with Crippen molar-refractivity contribution in [3.05, 3.63) is 81.6 Å². The molecular weight excluding hydrogens is 390 g/mol. The number of halogens is 1. The first-order valence-electron chi connectivity index (χ1n) is 9.28. The normalized spacial score (nSPS) is 12.0. The SMILES string of the molecule is CC(C)C(CO)NC(=O)c1cc(-c2ccc(Cl)cc2)nn(-c2ccccc2)c1=O. The van der Waals surface area contributed by atoms with Crippen LogP contribution in [0.1, 0.15) is 24.2 Å². The second-order valence-corrected chi connectivity index (χ2v) is 7.45. The summed E-state index contributed by atoms with van der Waals surface area (Å²) in [4.78, 5) is 25.9. The lowest BCUT2D eigenvalue weighted by molar-refractivity contribution is 0.0894. The van der Waals surface area contributed by atoms with E-state index in [1.165, 1.54) is 10.7 Å². The first-order valence-corrected chi connectivity index (χ1v) is 9.66. The highest BCUT2D eigenvalue weighted by Gasteiger charge is 2.21. The van der Waals surface area contributed by atoms with E-state index in [0.29, 0.717) is 16.4 Å². The van der Waals surface area contributed by atoms with E-state index < -0.39 is 17.5 Å². The van der Waals surface area contributed by atoms with E-state index >= 15 is 0 Å². The first kappa shape index (κ1) is 20.8. The van der Waals surface area contributed by atoms with Crippen molar-refractivity contribution in [3.63, 3.8) is 0 Å². The lowest BCUT2D eigenvalue weighted by atomic mass is 10.0. The molecule has 0 aliphatic rings. The van der Waals surface area contributed by atoms with Crippen LogP contribution in [-0.2, 0) is 0 Å². The van der Waals surface area contributed by atoms with Crippen molar-refractivity contribution < 1.29 is 9.90 Å². The number of aliphatic hydroxyl groups is 1. The van der Waals surface area contributed by atoms with E-state index in [4.69, 9.17) is 11.6 Å². The number of rotatable bonds is 6. The molecule has 3 rings (SSSR count). The molecule has 1 unspecified atom stereocenters. The molecule has 0 aliphatic carbocycles. The van der Waals surface area contributed by atoms with E-state index in [2.05, 4.69) is 10.4 Å². The van der Waals surface area contributed by atoms with Gasteiger partial charge in [-0.25, -0.2) is 0 Å². The van der Waals surface area contributed by atoms with Crippen LogP contribution in [0.3, 0.4) is 0 Å². The maximum atomic E-state index is 13.0. The summed E-state index contributed by atoms with van der Waals surface area (Å²) < 4.78 is 1.21. The molecule has 0 radical (unpaired) electrons. The predicted octanol–water partition coefficient (Wildman–Crippen LogP) is 3.30. The quantitative estimate of drug-likeness (QED) is 0.651. The molecule has 0 saturated heterocycles. The summed E-state index contributed by atoms with van der Waals surface area (Å²) in [5, 5.41) is 17.3. The van der Waals surface area contributed by atoms with Gasteiger partial charge in [-0.2, -0.15) is 9.78 Å². The average molecular weight is 412 g/mol. The maximum absolute atomic E-state index is 13.0. The fourth-order valence-corrected chi connectivity index (χ4v) is 2.96. The number of carbonyl (C=O) groups excluding carboxylic acids is 1. The number of carbonyl (C=O) groups is 1. The maximum Gasteiger partial charge on any atom is 0.284 e. The zero-order valence-corrected chi connectivity index (χ0v) is 16.9. The predicted molar refractivity (Wildman–Crippen MR) is 113 cm³/mol. The number of aromatic nitrogens is 2. The number of hydrogen-bond donors (Lipinski definition) is 2. The van der Waals surface area contributed by atoms with Gasteiger partial charge in [-0.05, 0) is 36.2 Å². The van der Waals surface area contributed by atoms with Gasteiger partial charge in [0.15, 0.2) is 0 Å². The van der Waals surface area contributed by atoms with Crippen LogP contribution in [0, 0.1) is 5.92 Å². The smallest absolute Gasteiger partial charge is 0.284 e. The fraction of sp³-hybridized carbons (Fsp3) is 0.227. The zero-order chi connectivity index (χ0) is 21.0. The second-order valence-electron chi connectivity index (χ2n) is 7.01. The summed E-state index contributed by atoms with van der Waals surface area (Å²) in [7, 11) is 0. The Kier molecular flexibility index (Phi) is 6.46. The van der Waals surface area contributed by atoms with Gasteiger partial charge in [0.05, 0.1) is 24.0 Å². The number of nitrogens with one attached hydrogen (secondary N) is 1. The standard InChI is InChI=1S/C22H22ClN3O3/c1-14(2)20(13-27)24-21(28)18-12-19(15-8-10-16(23)11-9-15)25-26(22(18)29)17-6-4-3-5-7-17/h3-12,14,20,27H,13H2,1-2H3,(H,24,28). The summed E-state index contributed by atoms with van der Waals surface area (Å²) in [5.74, 6) is -0.539. The van der Waals surface area contributed by atoms with Crippen molar-refractivity contribution in [3.8, 4) is 16.9 Å². The Bertz CT molecular complexity index is 1050. The van der Waals surface area contributed by atoms with Crippen molar-refractivity contribution in [2.75, 3.05) is 6.61 Å². The van der Waals surface area contributed by atoms with Crippen molar-refractivity contribution in [1.29, 1.82) is 0 Å². The zero-order valence-electron chi connectivity index (χ0n) is 16.2. The molecule has 0 bridgehead atoms. The van der Waals surface area contributed by atoms with Crippen molar-refractivity contribution in [2.45, 2.75) is 19.9 Å². The minimum atomic E-state index is -0.551. The van der Waals surface area contributed by atoms with Crippen LogP contribution in [0.5, 0.6) is 0 Å². The largest absolute Gasteiger partial charge is 0.394 e. The van der Waals surface area contributed by atoms with E-state index in [0.717, 1.165) is 5.56 Å². The Hall–Kier alpha value is -2.96.